The van der Waals surface area contributed by atoms with E-state index in [9.17, 15) is 19.6 Å². The van der Waals surface area contributed by atoms with Crippen molar-refractivity contribution < 1.29 is 28.6 Å². The summed E-state index contributed by atoms with van der Waals surface area (Å²) in [6, 6.07) is 11.9. The minimum Gasteiger partial charge on any atom is -0.462 e. The quantitative estimate of drug-likeness (QED) is 0.181. The van der Waals surface area contributed by atoms with Gasteiger partial charge in [0.05, 0.1) is 23.6 Å². The molecule has 15 heteroatoms. The lowest BCUT2D eigenvalue weighted by Gasteiger charge is -2.25. The summed E-state index contributed by atoms with van der Waals surface area (Å²) in [5.41, 5.74) is 16.4. The van der Waals surface area contributed by atoms with Crippen molar-refractivity contribution in [3.63, 3.8) is 0 Å². The number of amides is 3. The summed E-state index contributed by atoms with van der Waals surface area (Å²) < 4.78 is 17.1. The first-order valence-corrected chi connectivity index (χ1v) is 10.7. The summed E-state index contributed by atoms with van der Waals surface area (Å²) >= 11 is 0. The molecule has 0 bridgehead atoms. The number of hydrogen-bond donors (Lipinski definition) is 6. The molecule has 3 aromatic rings. The molecular weight excluding hydrogens is 498 g/mol. The van der Waals surface area contributed by atoms with Crippen molar-refractivity contribution in [3.8, 4) is 35.3 Å². The van der Waals surface area contributed by atoms with E-state index >= 15 is 0 Å². The fourth-order valence-corrected chi connectivity index (χ4v) is 3.31. The number of hydrogen-bond acceptors (Lipinski definition) is 10. The number of nitriles is 1. The Bertz CT molecular complexity index is 1520. The molecule has 4 rings (SSSR count). The number of anilines is 2. The fourth-order valence-electron chi connectivity index (χ4n) is 3.31. The molecule has 1 unspecified atom stereocenters. The zero-order valence-electron chi connectivity index (χ0n) is 19.3. The van der Waals surface area contributed by atoms with Crippen molar-refractivity contribution in [2.75, 3.05) is 10.6 Å². The molecule has 38 heavy (non-hydrogen) atoms. The summed E-state index contributed by atoms with van der Waals surface area (Å²) in [6.07, 6.45) is -1.72. The number of nitrogens with one attached hydrogen (secondary N) is 3. The Hall–Kier alpha value is -5.91. The molecule has 0 saturated heterocycles. The third-order valence-corrected chi connectivity index (χ3v) is 4.91. The van der Waals surface area contributed by atoms with E-state index in [2.05, 4.69) is 20.6 Å². The number of ether oxygens (including phenoxy) is 3. The van der Waals surface area contributed by atoms with Gasteiger partial charge in [0.15, 0.2) is 17.8 Å². The minimum atomic E-state index is -1.29. The van der Waals surface area contributed by atoms with Crippen molar-refractivity contribution in [1.29, 1.82) is 10.7 Å². The minimum absolute atomic E-state index is 0.0727. The number of benzene rings is 2. The molecule has 15 nitrogen and oxygen atoms in total. The zero-order chi connectivity index (χ0) is 27.4. The summed E-state index contributed by atoms with van der Waals surface area (Å²) in [5.74, 6) is -3.09. The lowest BCUT2D eigenvalue weighted by atomic mass is 10.1. The highest BCUT2D eigenvalue weighted by Gasteiger charge is 2.34. The van der Waals surface area contributed by atoms with Crippen molar-refractivity contribution in [3.05, 3.63) is 53.6 Å². The molecule has 0 aliphatic carbocycles. The van der Waals surface area contributed by atoms with E-state index < -0.39 is 30.2 Å². The standard InChI is InChI=1S/C23H19N9O6/c24-9-10-4-5-13(18(26)34)14(6-10)37-20-17-21(38-15(8-16(25)33)19(35)30-17)32-23(31-20)36-12-3-1-2-11(7-12)29-22(27)28/h1-7,15H,8H2,(H2,25,33)(H2,26,34)(H,30,35)(H4,27,28,29). The maximum Gasteiger partial charge on any atom is 0.328 e. The van der Waals surface area contributed by atoms with Gasteiger partial charge in [-0.3, -0.25) is 19.8 Å². The molecule has 192 valence electrons. The molecule has 9 N–H and O–H groups in total. The van der Waals surface area contributed by atoms with Gasteiger partial charge in [-0.25, -0.2) is 0 Å². The van der Waals surface area contributed by atoms with Crippen LogP contribution in [0.4, 0.5) is 11.4 Å². The Balaban J connectivity index is 1.78. The van der Waals surface area contributed by atoms with E-state index in [1.807, 2.05) is 6.07 Å². The number of guanidine groups is 1. The van der Waals surface area contributed by atoms with Gasteiger partial charge >= 0.3 is 6.01 Å². The molecule has 3 amide bonds. The first-order chi connectivity index (χ1) is 18.1. The molecule has 1 atom stereocenters. The Morgan fingerprint density at radius 2 is 1.95 bits per heavy atom. The third kappa shape index (κ3) is 5.66. The van der Waals surface area contributed by atoms with Crippen LogP contribution < -0.4 is 42.0 Å². The second-order valence-corrected chi connectivity index (χ2v) is 7.72. The predicted octanol–water partition coefficient (Wildman–Crippen LogP) is 0.912. The Morgan fingerprint density at radius 3 is 2.63 bits per heavy atom. The van der Waals surface area contributed by atoms with Crippen LogP contribution in [0.5, 0.6) is 29.3 Å². The van der Waals surface area contributed by atoms with E-state index in [-0.39, 0.29) is 52.0 Å². The van der Waals surface area contributed by atoms with E-state index in [1.165, 1.54) is 24.3 Å². The molecule has 0 spiro atoms. The third-order valence-electron chi connectivity index (χ3n) is 4.91. The topological polar surface area (TPSA) is 254 Å². The van der Waals surface area contributed by atoms with Crippen molar-refractivity contribution in [2.24, 2.45) is 17.2 Å². The van der Waals surface area contributed by atoms with Crippen molar-refractivity contribution in [1.82, 2.24) is 9.97 Å². The smallest absolute Gasteiger partial charge is 0.328 e. The first kappa shape index (κ1) is 25.2. The number of carbonyl (C=O) groups is 3. The highest BCUT2D eigenvalue weighted by atomic mass is 16.5. The van der Waals surface area contributed by atoms with Crippen LogP contribution in [-0.2, 0) is 9.59 Å². The van der Waals surface area contributed by atoms with Gasteiger partial charge in [-0.05, 0) is 30.3 Å². The van der Waals surface area contributed by atoms with Gasteiger partial charge < -0.3 is 42.0 Å². The average Bonchev–Trinajstić information content (AvgIpc) is 2.84. The number of primary amides is 2. The number of nitrogens with two attached hydrogens (primary N) is 3. The van der Waals surface area contributed by atoms with Gasteiger partial charge in [-0.1, -0.05) is 6.07 Å². The van der Waals surface area contributed by atoms with Crippen LogP contribution in [0.15, 0.2) is 42.5 Å². The zero-order valence-corrected chi connectivity index (χ0v) is 19.3. The van der Waals surface area contributed by atoms with Crippen LogP contribution >= 0.6 is 0 Å². The van der Waals surface area contributed by atoms with Gasteiger partial charge in [-0.15, -0.1) is 0 Å². The van der Waals surface area contributed by atoms with E-state index in [0.717, 1.165) is 0 Å². The fraction of sp³-hybridized carbons (Fsp3) is 0.0870. The molecule has 2 aromatic carbocycles. The van der Waals surface area contributed by atoms with Crippen molar-refractivity contribution in [2.45, 2.75) is 12.5 Å². The molecule has 0 radical (unpaired) electrons. The molecule has 1 aliphatic heterocycles. The van der Waals surface area contributed by atoms with E-state index in [1.54, 1.807) is 18.2 Å². The summed E-state index contributed by atoms with van der Waals surface area (Å²) in [4.78, 5) is 44.2. The number of nitrogens with zero attached hydrogens (tertiary/aromatic N) is 3. The highest BCUT2D eigenvalue weighted by molar-refractivity contribution is 6.01. The average molecular weight is 517 g/mol. The molecular formula is C23H19N9O6. The van der Waals surface area contributed by atoms with Crippen LogP contribution in [0.3, 0.4) is 0 Å². The number of rotatable bonds is 8. The molecule has 1 aromatic heterocycles. The van der Waals surface area contributed by atoms with Crippen LogP contribution in [-0.4, -0.2) is 39.8 Å². The van der Waals surface area contributed by atoms with Gasteiger partial charge in [0.25, 0.3) is 17.7 Å². The number of carbonyl (C=O) groups excluding carboxylic acids is 3. The van der Waals surface area contributed by atoms with Gasteiger partial charge in [0, 0.05) is 11.8 Å². The van der Waals surface area contributed by atoms with E-state index in [4.69, 9.17) is 36.8 Å². The van der Waals surface area contributed by atoms with Gasteiger partial charge in [0.2, 0.25) is 11.8 Å². The monoisotopic (exact) mass is 517 g/mol. The SMILES string of the molecule is N#Cc1ccc(C(N)=O)c(Oc2nc(Oc3cccc(NC(=N)N)c3)nc3c2NC(=O)C(CC(N)=O)O3)c1. The lowest BCUT2D eigenvalue weighted by molar-refractivity contribution is -0.129. The molecule has 2 heterocycles. The van der Waals surface area contributed by atoms with Gasteiger partial charge in [-0.2, -0.15) is 15.2 Å². The van der Waals surface area contributed by atoms with Crippen LogP contribution in [0.25, 0.3) is 0 Å². The first-order valence-electron chi connectivity index (χ1n) is 10.7. The summed E-state index contributed by atoms with van der Waals surface area (Å²) in [5, 5.41) is 21.7. The Kier molecular flexibility index (Phi) is 6.88. The molecule has 1 aliphatic rings. The second kappa shape index (κ2) is 10.4. The predicted molar refractivity (Wildman–Crippen MR) is 131 cm³/mol. The van der Waals surface area contributed by atoms with Crippen LogP contribution in [0, 0.1) is 16.7 Å². The number of aromatic nitrogens is 2. The van der Waals surface area contributed by atoms with Crippen LogP contribution in [0.1, 0.15) is 22.3 Å². The maximum atomic E-state index is 12.5. The molecule has 0 saturated carbocycles. The van der Waals surface area contributed by atoms with Crippen LogP contribution in [0.2, 0.25) is 0 Å². The van der Waals surface area contributed by atoms with Gasteiger partial charge in [0.1, 0.15) is 11.5 Å². The summed E-state index contributed by atoms with van der Waals surface area (Å²) in [7, 11) is 0. The Labute approximate surface area is 214 Å². The lowest BCUT2D eigenvalue weighted by Crippen LogP contribution is -2.40. The Morgan fingerprint density at radius 1 is 1.16 bits per heavy atom. The van der Waals surface area contributed by atoms with E-state index in [0.29, 0.717) is 5.69 Å². The molecule has 0 fully saturated rings. The second-order valence-electron chi connectivity index (χ2n) is 7.72. The highest BCUT2D eigenvalue weighted by Crippen LogP contribution is 2.41. The largest absolute Gasteiger partial charge is 0.462 e. The maximum absolute atomic E-state index is 12.5. The van der Waals surface area contributed by atoms with Crippen molar-refractivity contribution >= 4 is 35.1 Å². The summed E-state index contributed by atoms with van der Waals surface area (Å²) in [6.45, 7) is 0. The normalized spacial score (nSPS) is 13.7. The number of fused-ring (bicyclic) bond motifs is 1.